The molecule has 0 aliphatic carbocycles. The molecule has 0 aromatic carbocycles. The number of carboxylic acids is 1. The first-order valence-corrected chi connectivity index (χ1v) is 5.89. The number of carboxylic acid groups (broad SMARTS) is 1. The third kappa shape index (κ3) is 3.53. The van der Waals surface area contributed by atoms with Gasteiger partial charge in [-0.3, -0.25) is 4.98 Å². The van der Waals surface area contributed by atoms with Crippen molar-refractivity contribution in [3.05, 3.63) is 30.1 Å². The van der Waals surface area contributed by atoms with Gasteiger partial charge < -0.3 is 9.84 Å². The van der Waals surface area contributed by atoms with Crippen LogP contribution in [0.25, 0.3) is 0 Å². The van der Waals surface area contributed by atoms with Crippen molar-refractivity contribution in [1.29, 1.82) is 0 Å². The summed E-state index contributed by atoms with van der Waals surface area (Å²) in [7, 11) is 0. The lowest BCUT2D eigenvalue weighted by atomic mass is 9.97. The summed E-state index contributed by atoms with van der Waals surface area (Å²) in [6, 6.07) is 3.35. The first-order chi connectivity index (χ1) is 8.11. The Bertz CT molecular complexity index is 353. The lowest BCUT2D eigenvalue weighted by Gasteiger charge is -2.25. The van der Waals surface area contributed by atoms with Crippen molar-refractivity contribution in [2.24, 2.45) is 0 Å². The molecule has 0 aliphatic rings. The topological polar surface area (TPSA) is 59.4 Å². The molecule has 4 heteroatoms. The standard InChI is InChI=1S/C13H19NO3/c1-3-4-5-10-17-13(2,12(15)16)11-6-8-14-9-7-11/h6-9H,3-5,10H2,1-2H3,(H,15,16). The van der Waals surface area contributed by atoms with Crippen molar-refractivity contribution >= 4 is 5.97 Å². The maximum Gasteiger partial charge on any atom is 0.340 e. The van der Waals surface area contributed by atoms with Gasteiger partial charge in [0.2, 0.25) is 0 Å². The average Bonchev–Trinajstić information content (AvgIpc) is 2.35. The summed E-state index contributed by atoms with van der Waals surface area (Å²) in [5, 5.41) is 9.30. The predicted molar refractivity (Wildman–Crippen MR) is 64.7 cm³/mol. The van der Waals surface area contributed by atoms with Crippen LogP contribution in [0.4, 0.5) is 0 Å². The highest BCUT2D eigenvalue weighted by Crippen LogP contribution is 2.25. The summed E-state index contributed by atoms with van der Waals surface area (Å²) < 4.78 is 5.55. The zero-order chi connectivity index (χ0) is 12.7. The fraction of sp³-hybridized carbons (Fsp3) is 0.538. The van der Waals surface area contributed by atoms with E-state index in [2.05, 4.69) is 11.9 Å². The largest absolute Gasteiger partial charge is 0.479 e. The molecule has 1 aromatic heterocycles. The zero-order valence-corrected chi connectivity index (χ0v) is 10.3. The molecule has 0 fully saturated rings. The summed E-state index contributed by atoms with van der Waals surface area (Å²) in [4.78, 5) is 15.2. The molecule has 1 rings (SSSR count). The van der Waals surface area contributed by atoms with Crippen LogP contribution >= 0.6 is 0 Å². The number of rotatable bonds is 7. The number of hydrogen-bond donors (Lipinski definition) is 1. The smallest absolute Gasteiger partial charge is 0.340 e. The van der Waals surface area contributed by atoms with E-state index in [1.54, 1.807) is 31.5 Å². The van der Waals surface area contributed by atoms with Crippen molar-refractivity contribution in [3.63, 3.8) is 0 Å². The minimum absolute atomic E-state index is 0.457. The monoisotopic (exact) mass is 237 g/mol. The van der Waals surface area contributed by atoms with Crippen molar-refractivity contribution in [3.8, 4) is 0 Å². The van der Waals surface area contributed by atoms with Gasteiger partial charge in [0.1, 0.15) is 0 Å². The fourth-order valence-corrected chi connectivity index (χ4v) is 1.57. The van der Waals surface area contributed by atoms with Crippen LogP contribution in [0.1, 0.15) is 38.7 Å². The summed E-state index contributed by atoms with van der Waals surface area (Å²) in [5.74, 6) is -0.972. The van der Waals surface area contributed by atoms with Crippen LogP contribution in [-0.2, 0) is 15.1 Å². The van der Waals surface area contributed by atoms with E-state index in [9.17, 15) is 9.90 Å². The molecular weight excluding hydrogens is 218 g/mol. The minimum atomic E-state index is -1.28. The van der Waals surface area contributed by atoms with Crippen LogP contribution in [0, 0.1) is 0 Å². The van der Waals surface area contributed by atoms with Gasteiger partial charge in [-0.05, 0) is 31.0 Å². The van der Waals surface area contributed by atoms with Crippen molar-refractivity contribution in [1.82, 2.24) is 4.98 Å². The fourth-order valence-electron chi connectivity index (χ4n) is 1.57. The van der Waals surface area contributed by atoms with E-state index in [4.69, 9.17) is 4.74 Å². The van der Waals surface area contributed by atoms with Crippen LogP contribution in [0.15, 0.2) is 24.5 Å². The number of hydrogen-bond acceptors (Lipinski definition) is 3. The third-order valence-electron chi connectivity index (χ3n) is 2.78. The number of nitrogens with zero attached hydrogens (tertiary/aromatic N) is 1. The van der Waals surface area contributed by atoms with Crippen molar-refractivity contribution in [2.45, 2.75) is 38.7 Å². The molecule has 0 saturated heterocycles. The average molecular weight is 237 g/mol. The van der Waals surface area contributed by atoms with Crippen LogP contribution in [0.3, 0.4) is 0 Å². The van der Waals surface area contributed by atoms with E-state index in [0.717, 1.165) is 19.3 Å². The normalized spacial score (nSPS) is 14.2. The summed E-state index contributed by atoms with van der Waals surface area (Å²) >= 11 is 0. The van der Waals surface area contributed by atoms with Crippen LogP contribution in [0.5, 0.6) is 0 Å². The number of pyridine rings is 1. The molecule has 1 heterocycles. The number of ether oxygens (including phenoxy) is 1. The van der Waals surface area contributed by atoms with Crippen LogP contribution in [-0.4, -0.2) is 22.7 Å². The van der Waals surface area contributed by atoms with Crippen LogP contribution in [0.2, 0.25) is 0 Å². The Hall–Kier alpha value is -1.42. The van der Waals surface area contributed by atoms with Gasteiger partial charge in [0.25, 0.3) is 0 Å². The van der Waals surface area contributed by atoms with Gasteiger partial charge in [0.15, 0.2) is 5.60 Å². The molecule has 1 N–H and O–H groups in total. The molecule has 1 aromatic rings. The van der Waals surface area contributed by atoms with Gasteiger partial charge in [-0.1, -0.05) is 19.8 Å². The molecule has 0 aliphatic heterocycles. The van der Waals surface area contributed by atoms with Gasteiger partial charge in [-0.2, -0.15) is 0 Å². The van der Waals surface area contributed by atoms with E-state index in [0.29, 0.717) is 12.2 Å². The highest BCUT2D eigenvalue weighted by molar-refractivity contribution is 5.78. The summed E-state index contributed by atoms with van der Waals surface area (Å²) in [6.45, 7) is 4.13. The Labute approximate surface area is 102 Å². The Morgan fingerprint density at radius 1 is 1.41 bits per heavy atom. The van der Waals surface area contributed by atoms with E-state index < -0.39 is 11.6 Å². The second kappa shape index (κ2) is 6.35. The Morgan fingerprint density at radius 3 is 2.59 bits per heavy atom. The Morgan fingerprint density at radius 2 is 2.06 bits per heavy atom. The zero-order valence-electron chi connectivity index (χ0n) is 10.3. The number of unbranched alkanes of at least 4 members (excludes halogenated alkanes) is 2. The first kappa shape index (κ1) is 13.6. The molecule has 0 radical (unpaired) electrons. The van der Waals surface area contributed by atoms with E-state index in [1.807, 2.05) is 0 Å². The quantitative estimate of drug-likeness (QED) is 0.740. The van der Waals surface area contributed by atoms with Gasteiger partial charge in [0, 0.05) is 19.0 Å². The Kier molecular flexibility index (Phi) is 5.10. The molecule has 0 saturated carbocycles. The highest BCUT2D eigenvalue weighted by atomic mass is 16.5. The minimum Gasteiger partial charge on any atom is -0.479 e. The lowest BCUT2D eigenvalue weighted by Crippen LogP contribution is -2.35. The van der Waals surface area contributed by atoms with Crippen LogP contribution < -0.4 is 0 Å². The lowest BCUT2D eigenvalue weighted by molar-refractivity contribution is -0.165. The molecule has 0 bridgehead atoms. The molecule has 4 nitrogen and oxygen atoms in total. The number of aromatic nitrogens is 1. The maximum atomic E-state index is 11.3. The summed E-state index contributed by atoms with van der Waals surface area (Å²) in [5.41, 5.74) is -0.659. The summed E-state index contributed by atoms with van der Waals surface area (Å²) in [6.07, 6.45) is 6.16. The highest BCUT2D eigenvalue weighted by Gasteiger charge is 2.36. The first-order valence-electron chi connectivity index (χ1n) is 5.89. The van der Waals surface area contributed by atoms with E-state index >= 15 is 0 Å². The van der Waals surface area contributed by atoms with Crippen molar-refractivity contribution < 1.29 is 14.6 Å². The SMILES string of the molecule is CCCCCOC(C)(C(=O)O)c1ccncc1. The predicted octanol–water partition coefficient (Wildman–Crippen LogP) is 2.59. The van der Waals surface area contributed by atoms with E-state index in [-0.39, 0.29) is 0 Å². The number of carbonyl (C=O) groups is 1. The molecule has 0 amide bonds. The molecule has 94 valence electrons. The van der Waals surface area contributed by atoms with E-state index in [1.165, 1.54) is 0 Å². The van der Waals surface area contributed by atoms with Gasteiger partial charge in [-0.15, -0.1) is 0 Å². The maximum absolute atomic E-state index is 11.3. The van der Waals surface area contributed by atoms with Gasteiger partial charge in [-0.25, -0.2) is 4.79 Å². The molecule has 1 atom stereocenters. The van der Waals surface area contributed by atoms with Gasteiger partial charge in [0.05, 0.1) is 0 Å². The van der Waals surface area contributed by atoms with Crippen molar-refractivity contribution in [2.75, 3.05) is 6.61 Å². The molecule has 0 spiro atoms. The second-order valence-electron chi connectivity index (χ2n) is 4.13. The third-order valence-corrected chi connectivity index (χ3v) is 2.78. The molecular formula is C13H19NO3. The molecule has 17 heavy (non-hydrogen) atoms. The second-order valence-corrected chi connectivity index (χ2v) is 4.13. The number of aliphatic carboxylic acids is 1. The Balaban J connectivity index is 2.73. The van der Waals surface area contributed by atoms with Gasteiger partial charge >= 0.3 is 5.97 Å². The molecule has 1 unspecified atom stereocenters.